The molecule has 3 heterocycles. The van der Waals surface area contributed by atoms with Gasteiger partial charge in [-0.3, -0.25) is 24.4 Å². The smallest absolute Gasteiger partial charge is 0.304 e. The highest BCUT2D eigenvalue weighted by molar-refractivity contribution is 6.31. The molecule has 0 unspecified atom stereocenters. The van der Waals surface area contributed by atoms with Crippen LogP contribution in [0.25, 0.3) is 11.3 Å². The monoisotopic (exact) mass is 988 g/mol. The molecule has 1 aliphatic heterocycles. The molecule has 3 amide bonds. The van der Waals surface area contributed by atoms with Crippen molar-refractivity contribution in [1.82, 2.24) is 29.6 Å². The average molecular weight is 990 g/mol. The lowest BCUT2D eigenvalue weighted by molar-refractivity contribution is -0.909. The van der Waals surface area contributed by atoms with Gasteiger partial charge in [0.1, 0.15) is 29.2 Å². The summed E-state index contributed by atoms with van der Waals surface area (Å²) in [4.78, 5) is 64.8. The molecular weight excluding hydrogens is 929 g/mol. The number of likely N-dealkylation sites (N-methyl/N-ethyl adjacent to an activating group) is 1. The molecule has 1 saturated heterocycles. The van der Waals surface area contributed by atoms with Gasteiger partial charge in [0.25, 0.3) is 0 Å². The van der Waals surface area contributed by atoms with Crippen LogP contribution in [0.4, 0.5) is 4.39 Å². The van der Waals surface area contributed by atoms with E-state index in [1.165, 1.54) is 25.4 Å². The number of nitrogens with zero attached hydrogens (tertiary/aromatic N) is 6. The largest absolute Gasteiger partial charge is 0.481 e. The molecule has 0 bridgehead atoms. The third-order valence-electron chi connectivity index (χ3n) is 12.8. The SMILES string of the molecule is COC[C@H](NC(=O)[C@H](C)CCc1c(F)cc(Cl)cc1Oc1ccc(-c2cnc(CN(C)C)n2C)cc1)C(=O)N(C)[C@@]1(Cc2ccc(Cl)cc2)CCCN(C(=O)[C@@H](CC(=O)O)Cc2cccc[n+]2O)C1. The van der Waals surface area contributed by atoms with E-state index < -0.39 is 59.3 Å². The number of likely N-dealkylation sites (tertiary alicyclic amines) is 1. The van der Waals surface area contributed by atoms with E-state index in [-0.39, 0.29) is 48.7 Å². The predicted molar refractivity (Wildman–Crippen MR) is 259 cm³/mol. The highest BCUT2D eigenvalue weighted by Crippen LogP contribution is 2.35. The second kappa shape index (κ2) is 23.5. The van der Waals surface area contributed by atoms with Gasteiger partial charge in [0.2, 0.25) is 29.6 Å². The normalized spacial score (nSPS) is 16.2. The number of carboxylic acids is 1. The number of amides is 3. The Bertz CT molecular complexity index is 2600. The van der Waals surface area contributed by atoms with Gasteiger partial charge in [-0.25, -0.2) is 9.37 Å². The van der Waals surface area contributed by atoms with Gasteiger partial charge < -0.3 is 39.2 Å². The maximum absolute atomic E-state index is 15.7. The van der Waals surface area contributed by atoms with Crippen LogP contribution >= 0.6 is 23.2 Å². The van der Waals surface area contributed by atoms with Crippen molar-refractivity contribution >= 4 is 46.9 Å². The second-order valence-electron chi connectivity index (χ2n) is 18.1. The number of aromatic nitrogens is 3. The molecule has 4 atom stereocenters. The summed E-state index contributed by atoms with van der Waals surface area (Å²) in [5.74, 6) is -3.21. The molecule has 1 fully saturated rings. The summed E-state index contributed by atoms with van der Waals surface area (Å²) in [7, 11) is 8.98. The van der Waals surface area contributed by atoms with Crippen LogP contribution in [0.2, 0.25) is 10.0 Å². The van der Waals surface area contributed by atoms with Crippen LogP contribution < -0.4 is 14.8 Å². The number of aliphatic carboxylic acids is 1. The van der Waals surface area contributed by atoms with E-state index in [9.17, 15) is 29.5 Å². The summed E-state index contributed by atoms with van der Waals surface area (Å²) < 4.78 is 30.2. The first-order chi connectivity index (χ1) is 32.9. The minimum Gasteiger partial charge on any atom is -0.481 e. The Labute approximate surface area is 412 Å². The summed E-state index contributed by atoms with van der Waals surface area (Å²) in [5.41, 5.74) is 2.29. The van der Waals surface area contributed by atoms with Crippen molar-refractivity contribution in [2.75, 3.05) is 47.9 Å². The minimum atomic E-state index is -1.16. The molecule has 18 heteroatoms. The number of carbonyl (C=O) groups excluding carboxylic acids is 3. The first-order valence-corrected chi connectivity index (χ1v) is 23.6. The van der Waals surface area contributed by atoms with Crippen molar-refractivity contribution in [2.24, 2.45) is 18.9 Å². The van der Waals surface area contributed by atoms with Gasteiger partial charge in [0.15, 0.2) is 0 Å². The second-order valence-corrected chi connectivity index (χ2v) is 19.0. The average Bonchev–Trinajstić information content (AvgIpc) is 3.67. The number of halogens is 3. The van der Waals surface area contributed by atoms with E-state index in [1.54, 1.807) is 66.2 Å². The topological polar surface area (TPSA) is 171 Å². The van der Waals surface area contributed by atoms with Gasteiger partial charge in [-0.15, -0.1) is 0 Å². The number of piperidine rings is 1. The Morgan fingerprint density at radius 3 is 2.41 bits per heavy atom. The molecule has 15 nitrogen and oxygen atoms in total. The molecule has 0 saturated carbocycles. The molecule has 6 rings (SSSR count). The number of rotatable bonds is 21. The zero-order chi connectivity index (χ0) is 50.0. The van der Waals surface area contributed by atoms with Crippen LogP contribution in [-0.2, 0) is 56.8 Å². The van der Waals surface area contributed by atoms with Crippen molar-refractivity contribution in [3.05, 3.63) is 130 Å². The number of methoxy groups -OCH3 is 1. The molecule has 5 aromatic rings. The summed E-state index contributed by atoms with van der Waals surface area (Å²) in [6.45, 7) is 2.59. The fourth-order valence-corrected chi connectivity index (χ4v) is 9.23. The molecule has 1 aliphatic rings. The lowest BCUT2D eigenvalue weighted by Crippen LogP contribution is -2.65. The van der Waals surface area contributed by atoms with Crippen LogP contribution in [0.3, 0.4) is 0 Å². The van der Waals surface area contributed by atoms with Crippen LogP contribution in [-0.4, -0.2) is 118 Å². The highest BCUT2D eigenvalue weighted by Gasteiger charge is 2.45. The number of ether oxygens (including phenoxy) is 2. The van der Waals surface area contributed by atoms with E-state index in [4.69, 9.17) is 32.7 Å². The zero-order valence-corrected chi connectivity index (χ0v) is 41.3. The minimum absolute atomic E-state index is 0.0311. The van der Waals surface area contributed by atoms with Crippen LogP contribution in [0, 0.1) is 17.7 Å². The van der Waals surface area contributed by atoms with Gasteiger partial charge in [-0.05, 0) is 106 Å². The van der Waals surface area contributed by atoms with E-state index in [1.807, 2.05) is 61.1 Å². The van der Waals surface area contributed by atoms with Gasteiger partial charge in [-0.2, -0.15) is 0 Å². The molecule has 3 aromatic carbocycles. The number of hydrogen-bond donors (Lipinski definition) is 3. The molecular formula is C51H61Cl2FN7O8+. The van der Waals surface area contributed by atoms with Crippen LogP contribution in [0.5, 0.6) is 11.5 Å². The summed E-state index contributed by atoms with van der Waals surface area (Å²) in [6, 6.07) is 21.1. The van der Waals surface area contributed by atoms with Crippen LogP contribution in [0.1, 0.15) is 55.3 Å². The summed E-state index contributed by atoms with van der Waals surface area (Å²) in [6.07, 6.45) is 4.30. The molecule has 3 N–H and O–H groups in total. The quantitative estimate of drug-likeness (QED) is 0.0514. The van der Waals surface area contributed by atoms with E-state index in [0.29, 0.717) is 48.8 Å². The van der Waals surface area contributed by atoms with Crippen molar-refractivity contribution in [1.29, 1.82) is 0 Å². The number of carbonyl (C=O) groups is 4. The number of nitrogens with one attached hydrogen (secondary N) is 1. The Balaban J connectivity index is 1.17. The van der Waals surface area contributed by atoms with Crippen molar-refractivity contribution in [2.45, 2.75) is 70.0 Å². The Kier molecular flexibility index (Phi) is 17.8. The number of hydrogen-bond acceptors (Lipinski definition) is 9. The summed E-state index contributed by atoms with van der Waals surface area (Å²) >= 11 is 12.6. The van der Waals surface area contributed by atoms with Gasteiger partial charge in [0, 0.05) is 84.7 Å². The Morgan fingerprint density at radius 2 is 1.74 bits per heavy atom. The first kappa shape index (κ1) is 52.3. The number of carboxylic acid groups (broad SMARTS) is 1. The third kappa shape index (κ3) is 13.4. The number of imidazole rings is 1. The Morgan fingerprint density at radius 1 is 1.01 bits per heavy atom. The highest BCUT2D eigenvalue weighted by atomic mass is 35.5. The lowest BCUT2D eigenvalue weighted by atomic mass is 9.80. The maximum Gasteiger partial charge on any atom is 0.304 e. The molecule has 2 aromatic heterocycles. The first-order valence-electron chi connectivity index (χ1n) is 22.8. The zero-order valence-electron chi connectivity index (χ0n) is 39.8. The number of benzene rings is 3. The molecule has 0 aliphatic carbocycles. The Hall–Kier alpha value is -6.07. The van der Waals surface area contributed by atoms with E-state index >= 15 is 4.39 Å². The van der Waals surface area contributed by atoms with Gasteiger partial charge >= 0.3 is 5.97 Å². The van der Waals surface area contributed by atoms with Gasteiger partial charge in [0.05, 0.1) is 42.9 Å². The maximum atomic E-state index is 15.7. The molecule has 368 valence electrons. The fourth-order valence-electron chi connectivity index (χ4n) is 8.91. The van der Waals surface area contributed by atoms with Crippen molar-refractivity contribution in [3.8, 4) is 22.8 Å². The van der Waals surface area contributed by atoms with Gasteiger partial charge in [-0.1, -0.05) is 42.3 Å². The van der Waals surface area contributed by atoms with Crippen molar-refractivity contribution < 1.29 is 48.1 Å². The van der Waals surface area contributed by atoms with E-state index in [0.717, 1.165) is 27.4 Å². The lowest BCUT2D eigenvalue weighted by Gasteiger charge is -2.49. The molecule has 0 spiro atoms. The fraction of sp³-hybridized carbons (Fsp3) is 0.412. The predicted octanol–water partition coefficient (Wildman–Crippen LogP) is 7.01. The standard InChI is InChI=1S/C51H60Cl2FN7O8/c1-33(11-20-41-42(54)26-38(53)27-45(41)69-40-18-14-35(15-19-40)44-29-55-46(58(44)4)30-57(2)3)48(64)56-43(31-68-6)50(66)59(5)51(28-34-12-16-37(52)17-13-34)21-9-22-60(32-51)49(65)36(25-47(62)63)24-39-10-7-8-23-61(39)67/h7-8,10,12-19,23,26-27,29,33,36,43H,9,11,20-22,24-25,28,30-32H2,1-6H3,(H2-,56,62,63,64,67)/p+1/t33-,36-,43+,51-/m1/s1. The van der Waals surface area contributed by atoms with E-state index in [2.05, 4.69) is 10.3 Å². The third-order valence-corrected chi connectivity index (χ3v) is 13.2. The summed E-state index contributed by atoms with van der Waals surface area (Å²) in [5, 5.41) is 23.8. The molecule has 0 radical (unpaired) electrons. The number of pyridine rings is 1. The molecule has 69 heavy (non-hydrogen) atoms. The van der Waals surface area contributed by atoms with Crippen molar-refractivity contribution in [3.63, 3.8) is 0 Å². The van der Waals surface area contributed by atoms with Crippen LogP contribution in [0.15, 0.2) is 91.3 Å².